The number of halogens is 2. The van der Waals surface area contributed by atoms with Crippen molar-refractivity contribution >= 4 is 34.2 Å². The summed E-state index contributed by atoms with van der Waals surface area (Å²) >= 11 is 8.10. The van der Waals surface area contributed by atoms with Crippen LogP contribution in [0.1, 0.15) is 11.1 Å². The van der Waals surface area contributed by atoms with E-state index in [1.165, 1.54) is 0 Å². The summed E-state index contributed by atoms with van der Waals surface area (Å²) in [4.78, 5) is 0. The molecule has 0 unspecified atom stereocenters. The minimum atomic E-state index is 0.430. The molecule has 0 aliphatic rings. The van der Waals surface area contributed by atoms with Crippen LogP contribution in [0, 0.1) is 21.8 Å². The van der Waals surface area contributed by atoms with Gasteiger partial charge >= 0.3 is 0 Å². The van der Waals surface area contributed by atoms with E-state index in [4.69, 9.17) is 16.9 Å². The third-order valence-electron chi connectivity index (χ3n) is 1.52. The molecule has 0 aromatic heterocycles. The Hall–Kier alpha value is -0.270. The minimum absolute atomic E-state index is 0.430. The maximum absolute atomic E-state index is 8.53. The average Bonchev–Trinajstić information content (AvgIpc) is 2.00. The second kappa shape index (κ2) is 4.11. The van der Waals surface area contributed by atoms with Gasteiger partial charge in [-0.1, -0.05) is 17.7 Å². The van der Waals surface area contributed by atoms with E-state index < -0.39 is 0 Å². The Morgan fingerprint density at radius 2 is 2.25 bits per heavy atom. The molecule has 0 N–H and O–H groups in total. The van der Waals surface area contributed by atoms with E-state index in [2.05, 4.69) is 28.7 Å². The molecule has 1 nitrogen and oxygen atoms in total. The topological polar surface area (TPSA) is 23.8 Å². The normalized spacial score (nSPS) is 9.50. The van der Waals surface area contributed by atoms with Crippen molar-refractivity contribution < 1.29 is 0 Å². The maximum atomic E-state index is 8.53. The van der Waals surface area contributed by atoms with Gasteiger partial charge in [-0.3, -0.25) is 0 Å². The molecule has 0 aliphatic heterocycles. The standard InChI is InChI=1S/C9H7ClIN/c1-6-4-7(2-3-12)9(11)8(10)5-6/h4-5H,2H2,1H3. The van der Waals surface area contributed by atoms with Gasteiger partial charge in [0.05, 0.1) is 17.5 Å². The van der Waals surface area contributed by atoms with Crippen molar-refractivity contribution in [3.8, 4) is 6.07 Å². The van der Waals surface area contributed by atoms with Crippen molar-refractivity contribution in [1.82, 2.24) is 0 Å². The third kappa shape index (κ3) is 2.11. The first-order valence-corrected chi connectivity index (χ1v) is 4.92. The summed E-state index contributed by atoms with van der Waals surface area (Å²) in [6.07, 6.45) is 0.430. The number of hydrogen-bond donors (Lipinski definition) is 0. The van der Waals surface area contributed by atoms with Crippen LogP contribution >= 0.6 is 34.2 Å². The monoisotopic (exact) mass is 291 g/mol. The Bertz CT molecular complexity index is 341. The lowest BCUT2D eigenvalue weighted by atomic mass is 10.1. The summed E-state index contributed by atoms with van der Waals surface area (Å²) in [7, 11) is 0. The third-order valence-corrected chi connectivity index (χ3v) is 3.41. The first-order valence-electron chi connectivity index (χ1n) is 3.46. The number of hydrogen-bond acceptors (Lipinski definition) is 1. The van der Waals surface area contributed by atoms with Crippen LogP contribution in [0.3, 0.4) is 0 Å². The summed E-state index contributed by atoms with van der Waals surface area (Å²) in [5.41, 5.74) is 2.12. The summed E-state index contributed by atoms with van der Waals surface area (Å²) < 4.78 is 0.987. The molecule has 0 radical (unpaired) electrons. The lowest BCUT2D eigenvalue weighted by Gasteiger charge is -2.03. The zero-order chi connectivity index (χ0) is 9.14. The number of benzene rings is 1. The molecule has 0 amide bonds. The molecule has 0 atom stereocenters. The van der Waals surface area contributed by atoms with Crippen LogP contribution < -0.4 is 0 Å². The molecular formula is C9H7ClIN. The first kappa shape index (κ1) is 9.82. The quantitative estimate of drug-likeness (QED) is 0.728. The number of nitrogens with zero attached hydrogens (tertiary/aromatic N) is 1. The van der Waals surface area contributed by atoms with E-state index in [1.54, 1.807) is 0 Å². The number of nitriles is 1. The average molecular weight is 292 g/mol. The smallest absolute Gasteiger partial charge is 0.0670 e. The lowest BCUT2D eigenvalue weighted by Crippen LogP contribution is -1.89. The van der Waals surface area contributed by atoms with Crippen molar-refractivity contribution in [3.63, 3.8) is 0 Å². The van der Waals surface area contributed by atoms with Gasteiger partial charge < -0.3 is 0 Å². The predicted octanol–water partition coefficient (Wildman–Crippen LogP) is 3.32. The van der Waals surface area contributed by atoms with Gasteiger partial charge in [-0.2, -0.15) is 5.26 Å². The molecule has 62 valence electrons. The van der Waals surface area contributed by atoms with Gasteiger partial charge in [-0.15, -0.1) is 0 Å². The molecule has 1 aromatic rings. The fraction of sp³-hybridized carbons (Fsp3) is 0.222. The van der Waals surface area contributed by atoms with E-state index >= 15 is 0 Å². The number of rotatable bonds is 1. The molecule has 3 heteroatoms. The van der Waals surface area contributed by atoms with Crippen molar-refractivity contribution in [2.75, 3.05) is 0 Å². The highest BCUT2D eigenvalue weighted by Crippen LogP contribution is 2.24. The van der Waals surface area contributed by atoms with Crippen LogP contribution in [0.15, 0.2) is 12.1 Å². The number of aryl methyl sites for hydroxylation is 1. The van der Waals surface area contributed by atoms with Crippen LogP contribution in [0.5, 0.6) is 0 Å². The van der Waals surface area contributed by atoms with Crippen molar-refractivity contribution in [3.05, 3.63) is 31.9 Å². The minimum Gasteiger partial charge on any atom is -0.198 e. The largest absolute Gasteiger partial charge is 0.198 e. The second-order valence-electron chi connectivity index (χ2n) is 2.55. The van der Waals surface area contributed by atoms with E-state index in [-0.39, 0.29) is 0 Å². The Kier molecular flexibility index (Phi) is 3.36. The molecule has 0 bridgehead atoms. The molecule has 0 saturated carbocycles. The Labute approximate surface area is 90.5 Å². The highest BCUT2D eigenvalue weighted by molar-refractivity contribution is 14.1. The summed E-state index contributed by atoms with van der Waals surface area (Å²) in [5.74, 6) is 0. The molecule has 0 saturated heterocycles. The van der Waals surface area contributed by atoms with Crippen molar-refractivity contribution in [2.24, 2.45) is 0 Å². The van der Waals surface area contributed by atoms with Gasteiger partial charge in [-0.05, 0) is 46.7 Å². The van der Waals surface area contributed by atoms with E-state index in [0.29, 0.717) is 6.42 Å². The first-order chi connectivity index (χ1) is 5.65. The predicted molar refractivity (Wildman–Crippen MR) is 58.2 cm³/mol. The van der Waals surface area contributed by atoms with Crippen molar-refractivity contribution in [1.29, 1.82) is 5.26 Å². The molecule has 1 aromatic carbocycles. The Morgan fingerprint density at radius 3 is 2.83 bits per heavy atom. The lowest BCUT2D eigenvalue weighted by molar-refractivity contribution is 1.23. The Balaban J connectivity index is 3.20. The van der Waals surface area contributed by atoms with Gasteiger partial charge in [0.2, 0.25) is 0 Å². The SMILES string of the molecule is Cc1cc(Cl)c(I)c(CC#N)c1. The maximum Gasteiger partial charge on any atom is 0.0670 e. The summed E-state index contributed by atoms with van der Waals surface area (Å²) in [6.45, 7) is 1.98. The van der Waals surface area contributed by atoms with Gasteiger partial charge in [0.25, 0.3) is 0 Å². The highest BCUT2D eigenvalue weighted by Gasteiger charge is 2.04. The van der Waals surface area contributed by atoms with E-state index in [0.717, 1.165) is 19.7 Å². The van der Waals surface area contributed by atoms with E-state index in [1.807, 2.05) is 19.1 Å². The van der Waals surface area contributed by atoms with Gasteiger partial charge in [-0.25, -0.2) is 0 Å². The van der Waals surface area contributed by atoms with Crippen LogP contribution in [-0.2, 0) is 6.42 Å². The van der Waals surface area contributed by atoms with Gasteiger partial charge in [0.1, 0.15) is 0 Å². The van der Waals surface area contributed by atoms with Crippen molar-refractivity contribution in [2.45, 2.75) is 13.3 Å². The molecule has 0 heterocycles. The van der Waals surface area contributed by atoms with Crippen LogP contribution in [0.25, 0.3) is 0 Å². The molecule has 0 aliphatic carbocycles. The zero-order valence-corrected chi connectivity index (χ0v) is 9.48. The Morgan fingerprint density at radius 1 is 1.58 bits per heavy atom. The van der Waals surface area contributed by atoms with Crippen LogP contribution in [0.2, 0.25) is 5.02 Å². The van der Waals surface area contributed by atoms with Crippen LogP contribution in [-0.4, -0.2) is 0 Å². The van der Waals surface area contributed by atoms with Gasteiger partial charge in [0.15, 0.2) is 0 Å². The second-order valence-corrected chi connectivity index (χ2v) is 4.04. The molecule has 0 spiro atoms. The molecular weight excluding hydrogens is 284 g/mol. The summed E-state index contributed by atoms with van der Waals surface area (Å²) in [5, 5.41) is 9.27. The molecule has 0 fully saturated rings. The van der Waals surface area contributed by atoms with E-state index in [9.17, 15) is 0 Å². The summed E-state index contributed by atoms with van der Waals surface area (Å²) in [6, 6.07) is 6.02. The highest BCUT2D eigenvalue weighted by atomic mass is 127. The van der Waals surface area contributed by atoms with Crippen LogP contribution in [0.4, 0.5) is 0 Å². The fourth-order valence-electron chi connectivity index (χ4n) is 1.01. The zero-order valence-electron chi connectivity index (χ0n) is 6.56. The fourth-order valence-corrected chi connectivity index (χ4v) is 1.81. The molecule has 12 heavy (non-hydrogen) atoms. The van der Waals surface area contributed by atoms with Gasteiger partial charge in [0, 0.05) is 3.57 Å². The molecule has 1 rings (SSSR count).